The lowest BCUT2D eigenvalue weighted by Gasteiger charge is -2.35. The van der Waals surface area contributed by atoms with Crippen LogP contribution in [0.15, 0.2) is 12.2 Å². The number of ketones is 1. The fourth-order valence-corrected chi connectivity index (χ4v) is 0.930. The molecule has 1 aliphatic heterocycles. The molecule has 1 atom stereocenters. The van der Waals surface area contributed by atoms with Gasteiger partial charge in [-0.3, -0.25) is 4.79 Å². The van der Waals surface area contributed by atoms with Crippen molar-refractivity contribution in [2.45, 2.75) is 25.6 Å². The molecule has 5 heteroatoms. The van der Waals surface area contributed by atoms with E-state index in [-0.39, 0.29) is 25.4 Å². The van der Waals surface area contributed by atoms with Gasteiger partial charge in [-0.15, -0.1) is 0 Å². The summed E-state index contributed by atoms with van der Waals surface area (Å²) in [7, 11) is 0. The van der Waals surface area contributed by atoms with E-state index in [0.29, 0.717) is 5.57 Å². The highest BCUT2D eigenvalue weighted by Crippen LogP contribution is 2.32. The third-order valence-corrected chi connectivity index (χ3v) is 1.93. The van der Waals surface area contributed by atoms with Crippen LogP contribution in [-0.4, -0.2) is 31.2 Å². The van der Waals surface area contributed by atoms with Crippen molar-refractivity contribution in [2.75, 3.05) is 13.2 Å². The van der Waals surface area contributed by atoms with Gasteiger partial charge in [-0.25, -0.2) is 0 Å². The van der Waals surface area contributed by atoms with E-state index in [1.165, 1.54) is 0 Å². The number of halogens is 2. The summed E-state index contributed by atoms with van der Waals surface area (Å²) in [5.41, 5.74) is 0.408. The predicted octanol–water partition coefficient (Wildman–Crippen LogP) is 1.53. The maximum Gasteiger partial charge on any atom is 0.384 e. The second kappa shape index (κ2) is 4.14. The molecule has 0 saturated carbocycles. The number of carbonyl (C=O) groups excluding carboxylic acids is 1. The Hall–Kier alpha value is -0.810. The number of carbonyl (C=O) groups is 1. The van der Waals surface area contributed by atoms with Gasteiger partial charge in [0.05, 0.1) is 13.2 Å². The first-order valence-electron chi connectivity index (χ1n) is 4.25. The minimum Gasteiger partial charge on any atom is -0.366 e. The molecule has 0 radical (unpaired) electrons. The molecular formula is C9H12F2O3. The summed E-state index contributed by atoms with van der Waals surface area (Å²) in [6, 6.07) is 0. The third kappa shape index (κ3) is 2.59. The zero-order valence-corrected chi connectivity index (χ0v) is 7.89. The first kappa shape index (κ1) is 11.3. The molecule has 0 N–H and O–H groups in total. The monoisotopic (exact) mass is 206 g/mol. The smallest absolute Gasteiger partial charge is 0.366 e. The Morgan fingerprint density at radius 3 is 2.71 bits per heavy atom. The number of hydrogen-bond acceptors (Lipinski definition) is 3. The van der Waals surface area contributed by atoms with Crippen molar-refractivity contribution < 1.29 is 23.0 Å². The minimum atomic E-state index is -3.19. The summed E-state index contributed by atoms with van der Waals surface area (Å²) in [4.78, 5) is 11.0. The van der Waals surface area contributed by atoms with Gasteiger partial charge < -0.3 is 9.47 Å². The average molecular weight is 206 g/mol. The minimum absolute atomic E-state index is 0.0185. The Morgan fingerprint density at radius 1 is 1.71 bits per heavy atom. The summed E-state index contributed by atoms with van der Waals surface area (Å²) < 4.78 is 33.6. The van der Waals surface area contributed by atoms with Crippen LogP contribution < -0.4 is 0 Å². The standard InChI is InChI=1S/C9H12F2O3/c1-6(2)7(12)3-4-13-8-5-14-9(8,10)11/h8H,1,3-5H2,2H3. The first-order chi connectivity index (χ1) is 6.43. The van der Waals surface area contributed by atoms with E-state index >= 15 is 0 Å². The SMILES string of the molecule is C=C(C)C(=O)CCOC1COC1(F)F. The van der Waals surface area contributed by atoms with Gasteiger partial charge in [0.1, 0.15) is 0 Å². The van der Waals surface area contributed by atoms with Gasteiger partial charge >= 0.3 is 6.11 Å². The fraction of sp³-hybridized carbons (Fsp3) is 0.667. The van der Waals surface area contributed by atoms with Crippen molar-refractivity contribution in [1.82, 2.24) is 0 Å². The third-order valence-electron chi connectivity index (χ3n) is 1.93. The predicted molar refractivity (Wildman–Crippen MR) is 45.1 cm³/mol. The van der Waals surface area contributed by atoms with E-state index in [0.717, 1.165) is 0 Å². The quantitative estimate of drug-likeness (QED) is 0.640. The van der Waals surface area contributed by atoms with E-state index in [1.54, 1.807) is 6.92 Å². The molecule has 0 spiro atoms. The molecule has 0 bridgehead atoms. The maximum absolute atomic E-state index is 12.4. The molecule has 0 aromatic carbocycles. The van der Waals surface area contributed by atoms with Crippen LogP contribution in [0.4, 0.5) is 8.78 Å². The van der Waals surface area contributed by atoms with Crippen LogP contribution in [0.2, 0.25) is 0 Å². The van der Waals surface area contributed by atoms with E-state index in [1.807, 2.05) is 0 Å². The number of Topliss-reactive ketones (excluding diaryl/α,β-unsaturated/α-hetero) is 1. The largest absolute Gasteiger partial charge is 0.384 e. The molecule has 1 heterocycles. The summed E-state index contributed by atoms with van der Waals surface area (Å²) in [5, 5.41) is 0. The first-order valence-corrected chi connectivity index (χ1v) is 4.25. The van der Waals surface area contributed by atoms with Gasteiger partial charge in [0.15, 0.2) is 11.9 Å². The molecule has 0 aromatic heterocycles. The van der Waals surface area contributed by atoms with Crippen LogP contribution in [0, 0.1) is 0 Å². The number of ether oxygens (including phenoxy) is 2. The summed E-state index contributed by atoms with van der Waals surface area (Å²) in [6.07, 6.45) is -4.31. The summed E-state index contributed by atoms with van der Waals surface area (Å²) in [5.74, 6) is -0.173. The lowest BCUT2D eigenvalue weighted by atomic mass is 10.2. The van der Waals surface area contributed by atoms with Crippen LogP contribution in [0.25, 0.3) is 0 Å². The molecule has 0 amide bonds. The molecule has 3 nitrogen and oxygen atoms in total. The van der Waals surface area contributed by atoms with Gasteiger partial charge in [-0.1, -0.05) is 6.58 Å². The second-order valence-corrected chi connectivity index (χ2v) is 3.19. The topological polar surface area (TPSA) is 35.5 Å². The van der Waals surface area contributed by atoms with Gasteiger partial charge in [-0.2, -0.15) is 8.78 Å². The van der Waals surface area contributed by atoms with Gasteiger partial charge in [-0.05, 0) is 12.5 Å². The normalized spacial score (nSPS) is 24.1. The molecule has 1 saturated heterocycles. The number of rotatable bonds is 5. The van der Waals surface area contributed by atoms with Crippen LogP contribution in [0.3, 0.4) is 0 Å². The van der Waals surface area contributed by atoms with Gasteiger partial charge in [0.2, 0.25) is 0 Å². The molecule has 14 heavy (non-hydrogen) atoms. The van der Waals surface area contributed by atoms with Crippen LogP contribution in [0.1, 0.15) is 13.3 Å². The Kier molecular flexibility index (Phi) is 3.34. The number of allylic oxidation sites excluding steroid dienone is 1. The maximum atomic E-state index is 12.4. The van der Waals surface area contributed by atoms with E-state index < -0.39 is 12.2 Å². The summed E-state index contributed by atoms with van der Waals surface area (Å²) >= 11 is 0. The fourth-order valence-electron chi connectivity index (χ4n) is 0.930. The van der Waals surface area contributed by atoms with E-state index in [2.05, 4.69) is 11.3 Å². The highest BCUT2D eigenvalue weighted by atomic mass is 19.3. The van der Waals surface area contributed by atoms with Crippen LogP contribution in [-0.2, 0) is 14.3 Å². The molecular weight excluding hydrogens is 194 g/mol. The van der Waals surface area contributed by atoms with Gasteiger partial charge in [0, 0.05) is 6.42 Å². The highest BCUT2D eigenvalue weighted by molar-refractivity contribution is 5.94. The Balaban J connectivity index is 2.16. The molecule has 1 fully saturated rings. The molecule has 80 valence electrons. The molecule has 1 aliphatic rings. The molecule has 0 aliphatic carbocycles. The lowest BCUT2D eigenvalue weighted by molar-refractivity contribution is -0.382. The summed E-state index contributed by atoms with van der Waals surface area (Å²) in [6.45, 7) is 4.88. The Bertz CT molecular complexity index is 250. The van der Waals surface area contributed by atoms with Crippen molar-refractivity contribution in [1.29, 1.82) is 0 Å². The van der Waals surface area contributed by atoms with E-state index in [4.69, 9.17) is 4.74 Å². The molecule has 1 rings (SSSR count). The highest BCUT2D eigenvalue weighted by Gasteiger charge is 2.51. The molecule has 0 aromatic rings. The van der Waals surface area contributed by atoms with Crippen molar-refractivity contribution in [3.05, 3.63) is 12.2 Å². The van der Waals surface area contributed by atoms with Crippen molar-refractivity contribution in [2.24, 2.45) is 0 Å². The Morgan fingerprint density at radius 2 is 2.36 bits per heavy atom. The van der Waals surface area contributed by atoms with Crippen LogP contribution in [0.5, 0.6) is 0 Å². The number of alkyl halides is 2. The van der Waals surface area contributed by atoms with Crippen molar-refractivity contribution >= 4 is 5.78 Å². The molecule has 1 unspecified atom stereocenters. The number of hydrogen-bond donors (Lipinski definition) is 0. The zero-order valence-electron chi connectivity index (χ0n) is 7.89. The lowest BCUT2D eigenvalue weighted by Crippen LogP contribution is -2.53. The second-order valence-electron chi connectivity index (χ2n) is 3.19. The van der Waals surface area contributed by atoms with Gasteiger partial charge in [0.25, 0.3) is 0 Å². The van der Waals surface area contributed by atoms with Crippen LogP contribution >= 0.6 is 0 Å². The zero-order chi connectivity index (χ0) is 10.8. The van der Waals surface area contributed by atoms with Crippen molar-refractivity contribution in [3.63, 3.8) is 0 Å². The average Bonchev–Trinajstić information content (AvgIpc) is 2.10. The Labute approximate surface area is 80.7 Å². The van der Waals surface area contributed by atoms with Crippen molar-refractivity contribution in [3.8, 4) is 0 Å². The van der Waals surface area contributed by atoms with E-state index in [9.17, 15) is 13.6 Å².